The Morgan fingerprint density at radius 1 is 0.939 bits per heavy atom. The molecule has 0 radical (unpaired) electrons. The summed E-state index contributed by atoms with van der Waals surface area (Å²) in [6, 6.07) is 12.6. The molecule has 33 heavy (non-hydrogen) atoms. The maximum atomic E-state index is 6.44. The summed E-state index contributed by atoms with van der Waals surface area (Å²) < 4.78 is 8.47. The molecule has 1 atom stereocenters. The van der Waals surface area contributed by atoms with Crippen LogP contribution in [0.1, 0.15) is 61.7 Å². The summed E-state index contributed by atoms with van der Waals surface area (Å²) >= 11 is 6.44. The molecule has 172 valence electrons. The molecule has 1 saturated carbocycles. The van der Waals surface area contributed by atoms with Crippen molar-refractivity contribution in [1.29, 1.82) is 0 Å². The summed E-state index contributed by atoms with van der Waals surface area (Å²) in [5.41, 5.74) is 2.52. The van der Waals surface area contributed by atoms with Gasteiger partial charge in [0.25, 0.3) is 0 Å². The van der Waals surface area contributed by atoms with Crippen molar-refractivity contribution in [3.8, 4) is 11.6 Å². The molecule has 0 N–H and O–H groups in total. The molecule has 0 spiro atoms. The van der Waals surface area contributed by atoms with Crippen molar-refractivity contribution in [2.45, 2.75) is 69.4 Å². The Balaban J connectivity index is 1.26. The summed E-state index contributed by atoms with van der Waals surface area (Å²) in [5.74, 6) is 3.31. The number of benzene rings is 1. The third-order valence-corrected chi connectivity index (χ3v) is 7.77. The second kappa shape index (κ2) is 9.07. The van der Waals surface area contributed by atoms with Gasteiger partial charge in [-0.25, -0.2) is 4.98 Å². The highest BCUT2D eigenvalue weighted by Crippen LogP contribution is 2.37. The average Bonchev–Trinajstić information content (AvgIpc) is 3.48. The number of pyridine rings is 1. The standard InChI is InChI=1S/C26H30ClN5O/c27-20-8-11-23-19(15-20)16-21(31-13-3-4-14-31)17-24-29-30-26(32(23)24)18-6-9-22(10-7-18)33-25-5-1-2-12-28-25/h1-2,5,8,11-12,15,18,21-22H,3-4,6-7,9-10,13-14,16-17H2/t18-,21-,22-/m0/s1. The molecule has 0 bridgehead atoms. The second-order valence-corrected chi connectivity index (χ2v) is 10.1. The molecule has 0 unspecified atom stereocenters. The van der Waals surface area contributed by atoms with Crippen molar-refractivity contribution in [3.63, 3.8) is 0 Å². The Kier molecular flexibility index (Phi) is 5.80. The number of nitrogens with zero attached hydrogens (tertiary/aromatic N) is 5. The molecule has 3 aromatic rings. The first-order valence-corrected chi connectivity index (χ1v) is 12.7. The Hall–Kier alpha value is -2.44. The molecule has 2 fully saturated rings. The van der Waals surface area contributed by atoms with E-state index in [2.05, 4.69) is 26.6 Å². The van der Waals surface area contributed by atoms with Crippen LogP contribution in [0.15, 0.2) is 42.6 Å². The van der Waals surface area contributed by atoms with Gasteiger partial charge < -0.3 is 4.74 Å². The van der Waals surface area contributed by atoms with Gasteiger partial charge in [0.2, 0.25) is 5.88 Å². The van der Waals surface area contributed by atoms with Gasteiger partial charge >= 0.3 is 0 Å². The minimum atomic E-state index is 0.216. The van der Waals surface area contributed by atoms with Crippen LogP contribution in [0.5, 0.6) is 5.88 Å². The molecule has 6 nitrogen and oxygen atoms in total. The van der Waals surface area contributed by atoms with E-state index >= 15 is 0 Å². The number of hydrogen-bond acceptors (Lipinski definition) is 5. The third kappa shape index (κ3) is 4.26. The molecular formula is C26H30ClN5O. The zero-order chi connectivity index (χ0) is 22.2. The highest BCUT2D eigenvalue weighted by atomic mass is 35.5. The van der Waals surface area contributed by atoms with Gasteiger partial charge in [-0.3, -0.25) is 9.47 Å². The highest BCUT2D eigenvalue weighted by Gasteiger charge is 2.33. The summed E-state index contributed by atoms with van der Waals surface area (Å²) in [7, 11) is 0. The van der Waals surface area contributed by atoms with E-state index in [-0.39, 0.29) is 6.10 Å². The summed E-state index contributed by atoms with van der Waals surface area (Å²) in [6.07, 6.45) is 10.7. The largest absolute Gasteiger partial charge is 0.474 e. The maximum absolute atomic E-state index is 6.44. The lowest BCUT2D eigenvalue weighted by Crippen LogP contribution is -2.36. The van der Waals surface area contributed by atoms with Crippen LogP contribution in [0.3, 0.4) is 0 Å². The van der Waals surface area contributed by atoms with Crippen molar-refractivity contribution in [2.75, 3.05) is 13.1 Å². The fourth-order valence-electron chi connectivity index (χ4n) is 5.85. The fourth-order valence-corrected chi connectivity index (χ4v) is 6.05. The van der Waals surface area contributed by atoms with Crippen LogP contribution in [-0.2, 0) is 12.8 Å². The quantitative estimate of drug-likeness (QED) is 0.546. The van der Waals surface area contributed by atoms with Gasteiger partial charge in [-0.15, -0.1) is 10.2 Å². The van der Waals surface area contributed by atoms with Gasteiger partial charge in [-0.2, -0.15) is 0 Å². The lowest BCUT2D eigenvalue weighted by atomic mass is 9.86. The number of fused-ring (bicyclic) bond motifs is 3. The number of rotatable bonds is 4. The van der Waals surface area contributed by atoms with Gasteiger partial charge in [-0.1, -0.05) is 17.7 Å². The Morgan fingerprint density at radius 2 is 1.79 bits per heavy atom. The van der Waals surface area contributed by atoms with Crippen LogP contribution in [0.25, 0.3) is 5.69 Å². The summed E-state index contributed by atoms with van der Waals surface area (Å²) in [4.78, 5) is 6.95. The average molecular weight is 464 g/mol. The number of hydrogen-bond donors (Lipinski definition) is 0. The van der Waals surface area contributed by atoms with Gasteiger partial charge in [0.1, 0.15) is 17.8 Å². The zero-order valence-electron chi connectivity index (χ0n) is 18.9. The van der Waals surface area contributed by atoms with E-state index in [1.165, 1.54) is 37.2 Å². The van der Waals surface area contributed by atoms with Gasteiger partial charge in [0.05, 0.1) is 5.69 Å². The molecule has 2 aromatic heterocycles. The smallest absolute Gasteiger partial charge is 0.213 e. The Labute approximate surface area is 199 Å². The highest BCUT2D eigenvalue weighted by molar-refractivity contribution is 6.30. The SMILES string of the molecule is Clc1ccc2c(c1)C[C@H](N1CCCC1)Cc1nnc([C@H]3CC[C@H](Oc4ccccn4)CC3)n1-2. The number of halogens is 1. The summed E-state index contributed by atoms with van der Waals surface area (Å²) in [6.45, 7) is 2.36. The van der Waals surface area contributed by atoms with Crippen LogP contribution in [0.2, 0.25) is 5.02 Å². The first-order valence-electron chi connectivity index (χ1n) is 12.3. The molecule has 1 aromatic carbocycles. The fraction of sp³-hybridized carbons (Fsp3) is 0.500. The Bertz CT molecular complexity index is 1100. The third-order valence-electron chi connectivity index (χ3n) is 7.53. The number of likely N-dealkylation sites (tertiary alicyclic amines) is 1. The maximum Gasteiger partial charge on any atom is 0.213 e. The van der Waals surface area contributed by atoms with Crippen molar-refractivity contribution in [3.05, 3.63) is 64.8 Å². The molecular weight excluding hydrogens is 434 g/mol. The van der Waals surface area contributed by atoms with Crippen molar-refractivity contribution in [2.24, 2.45) is 0 Å². The van der Waals surface area contributed by atoms with Gasteiger partial charge in [0.15, 0.2) is 0 Å². The normalized spacial score (nSPS) is 25.3. The molecule has 7 heteroatoms. The van der Waals surface area contributed by atoms with E-state index in [0.717, 1.165) is 61.1 Å². The molecule has 0 amide bonds. The molecule has 3 aliphatic rings. The van der Waals surface area contributed by atoms with Crippen molar-refractivity contribution in [1.82, 2.24) is 24.6 Å². The van der Waals surface area contributed by atoms with E-state index in [0.29, 0.717) is 12.0 Å². The number of aromatic nitrogens is 4. The number of ether oxygens (including phenoxy) is 1. The predicted octanol–water partition coefficient (Wildman–Crippen LogP) is 4.98. The Morgan fingerprint density at radius 3 is 2.58 bits per heavy atom. The van der Waals surface area contributed by atoms with Crippen molar-refractivity contribution >= 4 is 11.6 Å². The van der Waals surface area contributed by atoms with E-state index in [4.69, 9.17) is 26.5 Å². The minimum absolute atomic E-state index is 0.216. The van der Waals surface area contributed by atoms with Crippen LogP contribution < -0.4 is 4.74 Å². The summed E-state index contributed by atoms with van der Waals surface area (Å²) in [5, 5.41) is 10.3. The van der Waals surface area contributed by atoms with E-state index < -0.39 is 0 Å². The first kappa shape index (κ1) is 21.1. The molecule has 1 saturated heterocycles. The minimum Gasteiger partial charge on any atom is -0.474 e. The van der Waals surface area contributed by atoms with Crippen LogP contribution in [-0.4, -0.2) is 49.9 Å². The van der Waals surface area contributed by atoms with E-state index in [9.17, 15) is 0 Å². The molecule has 6 rings (SSSR count). The van der Waals surface area contributed by atoms with Gasteiger partial charge in [-0.05, 0) is 87.9 Å². The van der Waals surface area contributed by atoms with Crippen LogP contribution in [0, 0.1) is 0 Å². The lowest BCUT2D eigenvalue weighted by molar-refractivity contribution is 0.139. The molecule has 1 aliphatic carbocycles. The zero-order valence-corrected chi connectivity index (χ0v) is 19.6. The first-order chi connectivity index (χ1) is 16.2. The molecule has 2 aliphatic heterocycles. The topological polar surface area (TPSA) is 56.1 Å². The predicted molar refractivity (Wildman–Crippen MR) is 128 cm³/mol. The monoisotopic (exact) mass is 463 g/mol. The van der Waals surface area contributed by atoms with E-state index in [1.807, 2.05) is 24.3 Å². The van der Waals surface area contributed by atoms with Gasteiger partial charge in [0, 0.05) is 35.7 Å². The van der Waals surface area contributed by atoms with E-state index in [1.54, 1.807) is 6.20 Å². The lowest BCUT2D eigenvalue weighted by Gasteiger charge is -2.28. The van der Waals surface area contributed by atoms with Crippen LogP contribution in [0.4, 0.5) is 0 Å². The van der Waals surface area contributed by atoms with Crippen molar-refractivity contribution < 1.29 is 4.74 Å². The molecule has 4 heterocycles. The second-order valence-electron chi connectivity index (χ2n) is 9.65. The van der Waals surface area contributed by atoms with Crippen LogP contribution >= 0.6 is 11.6 Å².